The number of methoxy groups -OCH3 is 1. The number of nitrogens with one attached hydrogen (secondary N) is 1. The van der Waals surface area contributed by atoms with E-state index in [2.05, 4.69) is 24.2 Å². The van der Waals surface area contributed by atoms with Gasteiger partial charge in [0.1, 0.15) is 24.1 Å². The van der Waals surface area contributed by atoms with Gasteiger partial charge in [-0.15, -0.1) is 14.6 Å². The maximum Gasteiger partial charge on any atom is 0.323 e. The van der Waals surface area contributed by atoms with E-state index in [1.54, 1.807) is 13.4 Å². The molecule has 3 heterocycles. The fourth-order valence-corrected chi connectivity index (χ4v) is 5.52. The predicted octanol–water partition coefficient (Wildman–Crippen LogP) is 1.82. The molecule has 4 rings (SSSR count). The molecule has 1 unspecified atom stereocenters. The lowest BCUT2D eigenvalue weighted by atomic mass is 10.2. The molecule has 1 N–H and O–H groups in total. The molecule has 2 aliphatic rings. The van der Waals surface area contributed by atoms with E-state index in [9.17, 15) is 8.42 Å². The van der Waals surface area contributed by atoms with Crippen LogP contribution in [0.4, 0.5) is 0 Å². The van der Waals surface area contributed by atoms with Crippen molar-refractivity contribution in [3.05, 3.63) is 30.6 Å². The van der Waals surface area contributed by atoms with Crippen molar-refractivity contribution in [1.82, 2.24) is 24.4 Å². The molecule has 0 saturated carbocycles. The van der Waals surface area contributed by atoms with Gasteiger partial charge < -0.3 is 9.64 Å². The molecule has 0 spiro atoms. The van der Waals surface area contributed by atoms with Crippen LogP contribution in [0, 0.1) is 0 Å². The first kappa shape index (κ1) is 19.2. The highest BCUT2D eigenvalue weighted by molar-refractivity contribution is 7.99. The number of amidine groups is 1. The molecule has 1 saturated heterocycles. The number of fused-ring (bicyclic) bond motifs is 1. The standard InChI is InChI=1S/C17H22N6O3S2/c1-26-14-8-6-13(7-9-14)23-12-18-19-17(23)27-11-16-21-28(24,25)20-15-5-3-2-4-10-22(15)16/h6-9,12,16,21H,2-5,10-11H2,1H3. The summed E-state index contributed by atoms with van der Waals surface area (Å²) in [5.74, 6) is 1.95. The average molecular weight is 423 g/mol. The SMILES string of the molecule is COc1ccc(-n2cnnc2SCC2NS(=O)(=O)N=C3CCCCCN32)cc1. The lowest BCUT2D eigenvalue weighted by Crippen LogP contribution is -2.55. The summed E-state index contributed by atoms with van der Waals surface area (Å²) in [7, 11) is -2.03. The molecule has 11 heteroatoms. The molecule has 1 aromatic carbocycles. The number of rotatable bonds is 5. The van der Waals surface area contributed by atoms with Crippen LogP contribution >= 0.6 is 11.8 Å². The Morgan fingerprint density at radius 3 is 2.86 bits per heavy atom. The van der Waals surface area contributed by atoms with Crippen LogP contribution in [-0.4, -0.2) is 59.5 Å². The lowest BCUT2D eigenvalue weighted by Gasteiger charge is -2.35. The van der Waals surface area contributed by atoms with Crippen molar-refractivity contribution in [2.75, 3.05) is 19.4 Å². The van der Waals surface area contributed by atoms with Crippen LogP contribution in [-0.2, 0) is 10.2 Å². The molecule has 0 amide bonds. The number of hydrogen-bond acceptors (Lipinski definition) is 7. The molecule has 9 nitrogen and oxygen atoms in total. The Morgan fingerprint density at radius 1 is 1.25 bits per heavy atom. The minimum atomic E-state index is -3.65. The van der Waals surface area contributed by atoms with Crippen LogP contribution in [0.25, 0.3) is 5.69 Å². The van der Waals surface area contributed by atoms with Gasteiger partial charge in [-0.1, -0.05) is 18.2 Å². The Bertz CT molecular complexity index is 958. The Kier molecular flexibility index (Phi) is 5.56. The molecular formula is C17H22N6O3S2. The Morgan fingerprint density at radius 2 is 2.07 bits per heavy atom. The van der Waals surface area contributed by atoms with Crippen molar-refractivity contribution in [2.45, 2.75) is 37.0 Å². The molecule has 1 fully saturated rings. The number of thioether (sulfide) groups is 1. The zero-order valence-electron chi connectivity index (χ0n) is 15.5. The van der Waals surface area contributed by atoms with Gasteiger partial charge in [0.25, 0.3) is 0 Å². The van der Waals surface area contributed by atoms with Crippen LogP contribution in [0.2, 0.25) is 0 Å². The third kappa shape index (κ3) is 4.15. The van der Waals surface area contributed by atoms with E-state index in [0.717, 1.165) is 37.2 Å². The van der Waals surface area contributed by atoms with E-state index >= 15 is 0 Å². The normalized spacial score (nSPS) is 21.5. The van der Waals surface area contributed by atoms with Gasteiger partial charge in [0.15, 0.2) is 5.16 Å². The molecule has 1 aromatic heterocycles. The number of benzene rings is 1. The number of nitrogens with zero attached hydrogens (tertiary/aromatic N) is 5. The first-order chi connectivity index (χ1) is 13.6. The highest BCUT2D eigenvalue weighted by Crippen LogP contribution is 2.26. The predicted molar refractivity (Wildman–Crippen MR) is 107 cm³/mol. The van der Waals surface area contributed by atoms with Crippen molar-refractivity contribution >= 4 is 27.8 Å². The van der Waals surface area contributed by atoms with E-state index in [1.807, 2.05) is 28.8 Å². The summed E-state index contributed by atoms with van der Waals surface area (Å²) in [6.45, 7) is 0.803. The van der Waals surface area contributed by atoms with Crippen molar-refractivity contribution in [3.8, 4) is 11.4 Å². The summed E-state index contributed by atoms with van der Waals surface area (Å²) in [4.78, 5) is 2.08. The largest absolute Gasteiger partial charge is 0.497 e. The summed E-state index contributed by atoms with van der Waals surface area (Å²) in [6, 6.07) is 7.60. The zero-order chi connectivity index (χ0) is 19.6. The molecule has 0 aliphatic carbocycles. The summed E-state index contributed by atoms with van der Waals surface area (Å²) in [5.41, 5.74) is 0.912. The topological polar surface area (TPSA) is 102 Å². The van der Waals surface area contributed by atoms with Crippen molar-refractivity contribution in [1.29, 1.82) is 0 Å². The molecule has 28 heavy (non-hydrogen) atoms. The molecule has 2 aliphatic heterocycles. The number of aromatic nitrogens is 3. The van der Waals surface area contributed by atoms with E-state index in [0.29, 0.717) is 23.2 Å². The molecule has 2 aromatic rings. The number of ether oxygens (including phenoxy) is 1. The van der Waals surface area contributed by atoms with E-state index in [4.69, 9.17) is 4.74 Å². The van der Waals surface area contributed by atoms with Crippen LogP contribution in [0.5, 0.6) is 5.75 Å². The molecule has 0 bridgehead atoms. The van der Waals surface area contributed by atoms with Gasteiger partial charge in [-0.25, -0.2) is 0 Å². The van der Waals surface area contributed by atoms with Gasteiger partial charge in [0, 0.05) is 24.4 Å². The van der Waals surface area contributed by atoms with E-state index in [1.165, 1.54) is 11.8 Å². The third-order valence-electron chi connectivity index (χ3n) is 4.76. The zero-order valence-corrected chi connectivity index (χ0v) is 17.1. The number of hydrogen-bond donors (Lipinski definition) is 1. The minimum absolute atomic E-state index is 0.346. The average Bonchev–Trinajstić information content (AvgIpc) is 3.03. The summed E-state index contributed by atoms with van der Waals surface area (Å²) < 4.78 is 38.0. The smallest absolute Gasteiger partial charge is 0.323 e. The van der Waals surface area contributed by atoms with Crippen LogP contribution in [0.15, 0.2) is 40.1 Å². The maximum absolute atomic E-state index is 12.2. The fraction of sp³-hybridized carbons (Fsp3) is 0.471. The fourth-order valence-electron chi connectivity index (χ4n) is 3.37. The van der Waals surface area contributed by atoms with E-state index in [-0.39, 0.29) is 6.17 Å². The van der Waals surface area contributed by atoms with Crippen molar-refractivity contribution in [2.24, 2.45) is 4.40 Å². The Balaban J connectivity index is 1.51. The monoisotopic (exact) mass is 422 g/mol. The lowest BCUT2D eigenvalue weighted by molar-refractivity contribution is 0.310. The molecular weight excluding hydrogens is 400 g/mol. The van der Waals surface area contributed by atoms with Gasteiger partial charge in [-0.3, -0.25) is 4.57 Å². The van der Waals surface area contributed by atoms with Crippen LogP contribution < -0.4 is 9.46 Å². The van der Waals surface area contributed by atoms with Crippen molar-refractivity contribution in [3.63, 3.8) is 0 Å². The molecule has 150 valence electrons. The minimum Gasteiger partial charge on any atom is -0.497 e. The van der Waals surface area contributed by atoms with Crippen molar-refractivity contribution < 1.29 is 13.2 Å². The quantitative estimate of drug-likeness (QED) is 0.733. The summed E-state index contributed by atoms with van der Waals surface area (Å²) in [6.07, 6.45) is 5.08. The first-order valence-corrected chi connectivity index (χ1v) is 11.5. The first-order valence-electron chi connectivity index (χ1n) is 9.11. The van der Waals surface area contributed by atoms with Crippen LogP contribution in [0.1, 0.15) is 25.7 Å². The highest BCUT2D eigenvalue weighted by atomic mass is 32.2. The summed E-state index contributed by atoms with van der Waals surface area (Å²) >= 11 is 1.46. The second-order valence-electron chi connectivity index (χ2n) is 6.61. The van der Waals surface area contributed by atoms with E-state index < -0.39 is 10.2 Å². The van der Waals surface area contributed by atoms with Gasteiger partial charge in [-0.05, 0) is 37.1 Å². The second-order valence-corrected chi connectivity index (χ2v) is 8.97. The highest BCUT2D eigenvalue weighted by Gasteiger charge is 2.33. The Labute approximate surface area is 168 Å². The summed E-state index contributed by atoms with van der Waals surface area (Å²) in [5, 5.41) is 8.91. The second kappa shape index (κ2) is 8.10. The van der Waals surface area contributed by atoms with Gasteiger partial charge in [-0.2, -0.15) is 13.1 Å². The third-order valence-corrected chi connectivity index (χ3v) is 6.80. The van der Waals surface area contributed by atoms with Gasteiger partial charge in [0.2, 0.25) is 0 Å². The Hall–Kier alpha value is -2.11. The van der Waals surface area contributed by atoms with Crippen LogP contribution in [0.3, 0.4) is 0 Å². The van der Waals surface area contributed by atoms with Gasteiger partial charge >= 0.3 is 10.2 Å². The maximum atomic E-state index is 12.2. The molecule has 1 atom stereocenters. The molecule has 0 radical (unpaired) electrons. The van der Waals surface area contributed by atoms with Gasteiger partial charge in [0.05, 0.1) is 7.11 Å².